The lowest BCUT2D eigenvalue weighted by atomic mass is 9.79. The fraction of sp³-hybridized carbons (Fsp3) is 0.438. The Balaban J connectivity index is 2.23. The van der Waals surface area contributed by atoms with E-state index in [0.29, 0.717) is 24.5 Å². The molecule has 1 heterocycles. The van der Waals surface area contributed by atoms with Gasteiger partial charge in [-0.25, -0.2) is 9.59 Å². The Morgan fingerprint density at radius 1 is 0.919 bits per heavy atom. The van der Waals surface area contributed by atoms with Gasteiger partial charge in [-0.15, -0.1) is 0 Å². The van der Waals surface area contributed by atoms with Crippen LogP contribution in [0.5, 0.6) is 0 Å². The van der Waals surface area contributed by atoms with Crippen molar-refractivity contribution in [2.45, 2.75) is 79.1 Å². The number of unbranched alkanes of at least 4 members (excludes halogenated alkanes) is 1. The highest BCUT2D eigenvalue weighted by molar-refractivity contribution is 6.00. The van der Waals surface area contributed by atoms with E-state index in [4.69, 9.17) is 13.9 Å². The number of esters is 2. The maximum Gasteiger partial charge on any atom is 0.338 e. The first kappa shape index (κ1) is 28.2. The van der Waals surface area contributed by atoms with Crippen LogP contribution in [0, 0.1) is 0 Å². The van der Waals surface area contributed by atoms with Crippen LogP contribution in [-0.4, -0.2) is 25.2 Å². The van der Waals surface area contributed by atoms with Crippen LogP contribution in [0.4, 0.5) is 0 Å². The van der Waals surface area contributed by atoms with Gasteiger partial charge in [0.2, 0.25) is 0 Å². The molecule has 0 bridgehead atoms. The number of furan rings is 1. The first-order valence-electron chi connectivity index (χ1n) is 13.1. The zero-order valence-corrected chi connectivity index (χ0v) is 23.5. The highest BCUT2D eigenvalue weighted by atomic mass is 16.5. The van der Waals surface area contributed by atoms with E-state index >= 15 is 0 Å². The van der Waals surface area contributed by atoms with Gasteiger partial charge < -0.3 is 13.9 Å². The summed E-state index contributed by atoms with van der Waals surface area (Å²) in [5.74, 6) is -0.104. The molecule has 0 N–H and O–H groups in total. The first-order chi connectivity index (χ1) is 17.4. The molecule has 1 aromatic heterocycles. The molecule has 0 amide bonds. The van der Waals surface area contributed by atoms with Crippen LogP contribution in [0.25, 0.3) is 28.4 Å². The van der Waals surface area contributed by atoms with Crippen LogP contribution in [0.2, 0.25) is 0 Å². The third-order valence-corrected chi connectivity index (χ3v) is 6.29. The zero-order valence-electron chi connectivity index (χ0n) is 23.5. The Morgan fingerprint density at radius 3 is 2.16 bits per heavy atom. The van der Waals surface area contributed by atoms with Crippen LogP contribution < -0.4 is 0 Å². The Kier molecular flexibility index (Phi) is 8.68. The topological polar surface area (TPSA) is 65.7 Å². The number of hydrogen-bond donors (Lipinski definition) is 0. The summed E-state index contributed by atoms with van der Waals surface area (Å²) in [6.45, 7) is 17.6. The lowest BCUT2D eigenvalue weighted by Gasteiger charge is -2.25. The van der Waals surface area contributed by atoms with Crippen molar-refractivity contribution in [3.8, 4) is 11.3 Å². The van der Waals surface area contributed by atoms with Gasteiger partial charge in [0.05, 0.1) is 18.8 Å². The maximum absolute atomic E-state index is 12.4. The summed E-state index contributed by atoms with van der Waals surface area (Å²) in [6.07, 6.45) is 5.04. The Bertz CT molecular complexity index is 1280. The minimum Gasteiger partial charge on any atom is -0.463 e. The monoisotopic (exact) mass is 504 g/mol. The molecule has 0 saturated carbocycles. The number of hydrogen-bond acceptors (Lipinski definition) is 5. The second kappa shape index (κ2) is 11.4. The molecule has 0 spiro atoms. The number of ether oxygens (including phenoxy) is 2. The third kappa shape index (κ3) is 6.71. The van der Waals surface area contributed by atoms with Crippen molar-refractivity contribution in [1.82, 2.24) is 0 Å². The van der Waals surface area contributed by atoms with E-state index in [0.717, 1.165) is 40.5 Å². The molecule has 0 atom stereocenters. The van der Waals surface area contributed by atoms with Gasteiger partial charge in [0.25, 0.3) is 0 Å². The van der Waals surface area contributed by atoms with Crippen molar-refractivity contribution < 1.29 is 23.5 Å². The number of carbonyl (C=O) groups excluding carboxylic acids is 2. The normalized spacial score (nSPS) is 12.3. The van der Waals surface area contributed by atoms with Gasteiger partial charge in [0.15, 0.2) is 0 Å². The van der Waals surface area contributed by atoms with Gasteiger partial charge in [-0.05, 0) is 54.0 Å². The molecular weight excluding hydrogens is 464 g/mol. The molecule has 0 radical (unpaired) electrons. The molecule has 0 saturated heterocycles. The molecule has 0 aliphatic rings. The molecule has 2 aromatic carbocycles. The van der Waals surface area contributed by atoms with Gasteiger partial charge in [-0.3, -0.25) is 0 Å². The molecule has 3 rings (SSSR count). The van der Waals surface area contributed by atoms with Crippen LogP contribution in [0.15, 0.2) is 46.9 Å². The molecule has 0 fully saturated rings. The van der Waals surface area contributed by atoms with Crippen LogP contribution in [0.1, 0.15) is 95.3 Å². The maximum atomic E-state index is 12.4. The average molecular weight is 505 g/mol. The van der Waals surface area contributed by atoms with Crippen molar-refractivity contribution in [1.29, 1.82) is 0 Å². The molecule has 198 valence electrons. The largest absolute Gasteiger partial charge is 0.463 e. The fourth-order valence-corrected chi connectivity index (χ4v) is 4.08. The van der Waals surface area contributed by atoms with E-state index < -0.39 is 0 Å². The van der Waals surface area contributed by atoms with E-state index in [1.807, 2.05) is 12.1 Å². The van der Waals surface area contributed by atoms with Gasteiger partial charge in [0.1, 0.15) is 11.3 Å². The number of carbonyl (C=O) groups is 2. The minimum absolute atomic E-state index is 0.0764. The van der Waals surface area contributed by atoms with Crippen molar-refractivity contribution in [2.75, 3.05) is 13.2 Å². The quantitative estimate of drug-likeness (QED) is 0.176. The standard InChI is InChI=1S/C32H40O5/c1-9-11-18-36-27(33)17-16-24-25-19-23(31(3,4)5)20-26(32(6,7)8)29(25)37-28(24)21-12-14-22(15-13-21)30(34)35-10-2/h12-17,19-20H,9-11,18H2,1-8H3/b17-16+. The predicted octanol–water partition coefficient (Wildman–Crippen LogP) is 8.23. The summed E-state index contributed by atoms with van der Waals surface area (Å²) >= 11 is 0. The summed E-state index contributed by atoms with van der Waals surface area (Å²) in [5.41, 5.74) is 4.94. The number of fused-ring (bicyclic) bond motifs is 1. The third-order valence-electron chi connectivity index (χ3n) is 6.29. The van der Waals surface area contributed by atoms with E-state index in [1.54, 1.807) is 25.1 Å². The van der Waals surface area contributed by atoms with Crippen LogP contribution >= 0.6 is 0 Å². The van der Waals surface area contributed by atoms with Crippen LogP contribution in [0.3, 0.4) is 0 Å². The van der Waals surface area contributed by atoms with Crippen molar-refractivity contribution in [3.05, 3.63) is 64.7 Å². The predicted molar refractivity (Wildman–Crippen MR) is 150 cm³/mol. The average Bonchev–Trinajstić information content (AvgIpc) is 3.19. The summed E-state index contributed by atoms with van der Waals surface area (Å²) < 4.78 is 17.0. The van der Waals surface area contributed by atoms with Gasteiger partial charge in [-0.2, -0.15) is 0 Å². The lowest BCUT2D eigenvalue weighted by Crippen LogP contribution is -2.16. The molecule has 5 nitrogen and oxygen atoms in total. The van der Waals surface area contributed by atoms with Crippen LogP contribution in [-0.2, 0) is 25.1 Å². The smallest absolute Gasteiger partial charge is 0.338 e. The second-order valence-corrected chi connectivity index (χ2v) is 11.4. The highest BCUT2D eigenvalue weighted by Gasteiger charge is 2.27. The van der Waals surface area contributed by atoms with Crippen molar-refractivity contribution in [2.24, 2.45) is 0 Å². The lowest BCUT2D eigenvalue weighted by molar-refractivity contribution is -0.137. The first-order valence-corrected chi connectivity index (χ1v) is 13.1. The summed E-state index contributed by atoms with van der Waals surface area (Å²) in [7, 11) is 0. The van der Waals surface area contributed by atoms with Gasteiger partial charge in [-0.1, -0.05) is 73.1 Å². The Labute approximate surface area is 220 Å². The zero-order chi connectivity index (χ0) is 27.4. The highest BCUT2D eigenvalue weighted by Crippen LogP contribution is 2.42. The summed E-state index contributed by atoms with van der Waals surface area (Å²) in [5, 5.41) is 0.944. The number of rotatable bonds is 8. The molecule has 37 heavy (non-hydrogen) atoms. The molecule has 3 aromatic rings. The van der Waals surface area contributed by atoms with Crippen molar-refractivity contribution in [3.63, 3.8) is 0 Å². The SMILES string of the molecule is CCCCOC(=O)/C=C/c1c(-c2ccc(C(=O)OCC)cc2)oc2c(C(C)(C)C)cc(C(C)(C)C)cc12. The van der Waals surface area contributed by atoms with E-state index in [1.165, 1.54) is 11.6 Å². The Morgan fingerprint density at radius 2 is 1.59 bits per heavy atom. The molecule has 0 aliphatic carbocycles. The second-order valence-electron chi connectivity index (χ2n) is 11.4. The van der Waals surface area contributed by atoms with Crippen molar-refractivity contribution >= 4 is 29.0 Å². The fourth-order valence-electron chi connectivity index (χ4n) is 4.08. The molecule has 5 heteroatoms. The summed E-state index contributed by atoms with van der Waals surface area (Å²) in [6, 6.07) is 11.6. The minimum atomic E-state index is -0.380. The van der Waals surface area contributed by atoms with Gasteiger partial charge in [0, 0.05) is 28.2 Å². The molecule has 0 unspecified atom stereocenters. The number of benzene rings is 2. The van der Waals surface area contributed by atoms with E-state index in [9.17, 15) is 9.59 Å². The molecular formula is C32H40O5. The Hall–Kier alpha value is -3.34. The van der Waals surface area contributed by atoms with Gasteiger partial charge >= 0.3 is 11.9 Å². The summed E-state index contributed by atoms with van der Waals surface area (Å²) in [4.78, 5) is 24.6. The van der Waals surface area contributed by atoms with E-state index in [2.05, 4.69) is 60.6 Å². The van der Waals surface area contributed by atoms with E-state index in [-0.39, 0.29) is 22.8 Å². The molecule has 0 aliphatic heterocycles.